The molecule has 0 aliphatic heterocycles. The summed E-state index contributed by atoms with van der Waals surface area (Å²) >= 11 is 8.16. The average Bonchev–Trinajstić information content (AvgIpc) is 2.28. The molecule has 0 atom stereocenters. The zero-order valence-electron chi connectivity index (χ0n) is 9.87. The fourth-order valence-corrected chi connectivity index (χ4v) is 1.86. The van der Waals surface area contributed by atoms with Crippen molar-refractivity contribution in [2.75, 3.05) is 13.6 Å². The number of benzene rings is 1. The molecule has 0 radical (unpaired) electrons. The molecule has 0 aromatic heterocycles. The van der Waals surface area contributed by atoms with Crippen LogP contribution in [0.3, 0.4) is 0 Å². The Morgan fingerprint density at radius 1 is 1.53 bits per heavy atom. The Morgan fingerprint density at radius 3 is 2.76 bits per heavy atom. The maximum atomic E-state index is 12.2. The van der Waals surface area contributed by atoms with Crippen LogP contribution < -0.4 is 5.73 Å². The summed E-state index contributed by atoms with van der Waals surface area (Å²) in [6.07, 6.45) is 0.546. The predicted octanol–water partition coefficient (Wildman–Crippen LogP) is 2.51. The van der Waals surface area contributed by atoms with Crippen LogP contribution in [-0.2, 0) is 0 Å². The zero-order valence-corrected chi connectivity index (χ0v) is 12.3. The first-order valence-corrected chi connectivity index (χ1v) is 6.42. The van der Waals surface area contributed by atoms with Crippen LogP contribution >= 0.6 is 28.1 Å². The summed E-state index contributed by atoms with van der Waals surface area (Å²) in [5.74, 6) is -0.0138. The molecule has 0 saturated carbocycles. The summed E-state index contributed by atoms with van der Waals surface area (Å²) in [5.41, 5.74) is 7.08. The van der Waals surface area contributed by atoms with Gasteiger partial charge >= 0.3 is 0 Å². The molecule has 0 bridgehead atoms. The van der Waals surface area contributed by atoms with Crippen molar-refractivity contribution in [2.45, 2.75) is 13.3 Å². The number of thiocarbonyl (C=S) groups is 1. The first-order valence-electron chi connectivity index (χ1n) is 5.21. The molecule has 17 heavy (non-hydrogen) atoms. The lowest BCUT2D eigenvalue weighted by molar-refractivity contribution is 0.0798. The maximum Gasteiger partial charge on any atom is 0.253 e. The molecule has 0 heterocycles. The normalized spacial score (nSPS) is 10.1. The van der Waals surface area contributed by atoms with Gasteiger partial charge in [0.1, 0.15) is 0 Å². The molecule has 0 unspecified atom stereocenters. The second-order valence-corrected chi connectivity index (χ2v) is 5.34. The lowest BCUT2D eigenvalue weighted by Crippen LogP contribution is -2.30. The van der Waals surface area contributed by atoms with E-state index < -0.39 is 0 Å². The van der Waals surface area contributed by atoms with E-state index in [2.05, 4.69) is 15.9 Å². The summed E-state index contributed by atoms with van der Waals surface area (Å²) in [6.45, 7) is 2.46. The number of hydrogen-bond donors (Lipinski definition) is 1. The largest absolute Gasteiger partial charge is 0.393 e. The Morgan fingerprint density at radius 2 is 2.18 bits per heavy atom. The van der Waals surface area contributed by atoms with Crippen molar-refractivity contribution >= 4 is 39.0 Å². The van der Waals surface area contributed by atoms with Gasteiger partial charge < -0.3 is 10.6 Å². The van der Waals surface area contributed by atoms with E-state index >= 15 is 0 Å². The second-order valence-electron chi connectivity index (χ2n) is 3.90. The van der Waals surface area contributed by atoms with Crippen LogP contribution in [0.15, 0.2) is 22.7 Å². The molecule has 0 saturated heterocycles. The SMILES string of the molecule is Cc1ccc(Br)cc1C(=O)N(C)CCC(N)=S. The Balaban J connectivity index is 2.81. The standard InChI is InChI=1S/C12H15BrN2OS/c1-8-3-4-9(13)7-10(8)12(16)15(2)6-5-11(14)17/h3-4,7H,5-6H2,1-2H3,(H2,14,17). The van der Waals surface area contributed by atoms with Gasteiger partial charge in [0.25, 0.3) is 5.91 Å². The highest BCUT2D eigenvalue weighted by molar-refractivity contribution is 9.10. The number of halogens is 1. The van der Waals surface area contributed by atoms with Gasteiger partial charge in [-0.25, -0.2) is 0 Å². The van der Waals surface area contributed by atoms with Gasteiger partial charge in [-0.1, -0.05) is 34.2 Å². The minimum atomic E-state index is -0.0138. The Kier molecular flexibility index (Phi) is 5.08. The van der Waals surface area contributed by atoms with E-state index in [0.717, 1.165) is 10.0 Å². The molecule has 2 N–H and O–H groups in total. The summed E-state index contributed by atoms with van der Waals surface area (Å²) < 4.78 is 0.897. The number of nitrogens with two attached hydrogens (primary N) is 1. The molecule has 3 nitrogen and oxygen atoms in total. The summed E-state index contributed by atoms with van der Waals surface area (Å²) in [5, 5.41) is 0. The summed E-state index contributed by atoms with van der Waals surface area (Å²) in [6, 6.07) is 5.66. The molecule has 92 valence electrons. The highest BCUT2D eigenvalue weighted by Crippen LogP contribution is 2.17. The Bertz CT molecular complexity index is 448. The van der Waals surface area contributed by atoms with Crippen molar-refractivity contribution in [1.82, 2.24) is 4.90 Å². The molecule has 0 aliphatic rings. The van der Waals surface area contributed by atoms with Gasteiger partial charge in [0.2, 0.25) is 0 Å². The van der Waals surface area contributed by atoms with Crippen molar-refractivity contribution < 1.29 is 4.79 Å². The third kappa shape index (κ3) is 4.09. The van der Waals surface area contributed by atoms with Crippen molar-refractivity contribution in [2.24, 2.45) is 5.73 Å². The third-order valence-corrected chi connectivity index (χ3v) is 3.17. The molecular weight excluding hydrogens is 300 g/mol. The zero-order chi connectivity index (χ0) is 13.0. The van der Waals surface area contributed by atoms with E-state index in [1.807, 2.05) is 25.1 Å². The van der Waals surface area contributed by atoms with Crippen molar-refractivity contribution in [3.8, 4) is 0 Å². The number of hydrogen-bond acceptors (Lipinski definition) is 2. The van der Waals surface area contributed by atoms with Crippen LogP contribution in [0, 0.1) is 6.92 Å². The van der Waals surface area contributed by atoms with E-state index in [1.165, 1.54) is 0 Å². The van der Waals surface area contributed by atoms with Crippen LogP contribution in [0.25, 0.3) is 0 Å². The molecule has 1 rings (SSSR count). The van der Waals surface area contributed by atoms with E-state index in [9.17, 15) is 4.79 Å². The van der Waals surface area contributed by atoms with Crippen LogP contribution in [-0.4, -0.2) is 29.4 Å². The van der Waals surface area contributed by atoms with Crippen LogP contribution in [0.2, 0.25) is 0 Å². The molecule has 1 aromatic carbocycles. The van der Waals surface area contributed by atoms with Gasteiger partial charge in [-0.15, -0.1) is 0 Å². The van der Waals surface area contributed by atoms with E-state index in [0.29, 0.717) is 23.5 Å². The highest BCUT2D eigenvalue weighted by atomic mass is 79.9. The predicted molar refractivity (Wildman–Crippen MR) is 77.2 cm³/mol. The molecule has 1 aromatic rings. The monoisotopic (exact) mass is 314 g/mol. The van der Waals surface area contributed by atoms with Crippen LogP contribution in [0.4, 0.5) is 0 Å². The van der Waals surface area contributed by atoms with Gasteiger partial charge in [0, 0.05) is 30.0 Å². The summed E-state index contributed by atoms with van der Waals surface area (Å²) in [4.78, 5) is 14.2. The Labute approximate surface area is 115 Å². The highest BCUT2D eigenvalue weighted by Gasteiger charge is 2.14. The fourth-order valence-electron chi connectivity index (χ4n) is 1.41. The lowest BCUT2D eigenvalue weighted by Gasteiger charge is -2.18. The van der Waals surface area contributed by atoms with Gasteiger partial charge in [-0.3, -0.25) is 4.79 Å². The van der Waals surface area contributed by atoms with Crippen LogP contribution in [0.5, 0.6) is 0 Å². The van der Waals surface area contributed by atoms with Crippen molar-refractivity contribution in [3.05, 3.63) is 33.8 Å². The molecule has 0 spiro atoms. The minimum absolute atomic E-state index is 0.0138. The van der Waals surface area contributed by atoms with Gasteiger partial charge in [-0.05, 0) is 24.6 Å². The summed E-state index contributed by atoms with van der Waals surface area (Å²) in [7, 11) is 1.75. The van der Waals surface area contributed by atoms with E-state index in [-0.39, 0.29) is 5.91 Å². The third-order valence-electron chi connectivity index (χ3n) is 2.47. The first-order chi connectivity index (χ1) is 7.91. The second kappa shape index (κ2) is 6.12. The first kappa shape index (κ1) is 14.1. The topological polar surface area (TPSA) is 46.3 Å². The molecule has 0 fully saturated rings. The fraction of sp³-hybridized carbons (Fsp3) is 0.333. The lowest BCUT2D eigenvalue weighted by atomic mass is 10.1. The molecule has 1 amide bonds. The average molecular weight is 315 g/mol. The quantitative estimate of drug-likeness (QED) is 0.869. The maximum absolute atomic E-state index is 12.2. The number of carbonyl (C=O) groups is 1. The van der Waals surface area contributed by atoms with E-state index in [4.69, 9.17) is 18.0 Å². The van der Waals surface area contributed by atoms with Crippen LogP contribution in [0.1, 0.15) is 22.3 Å². The number of rotatable bonds is 4. The number of carbonyl (C=O) groups excluding carboxylic acids is 1. The molecule has 0 aliphatic carbocycles. The number of aryl methyl sites for hydroxylation is 1. The molecular formula is C12H15BrN2OS. The van der Waals surface area contributed by atoms with E-state index in [1.54, 1.807) is 11.9 Å². The number of nitrogens with zero attached hydrogens (tertiary/aromatic N) is 1. The number of amides is 1. The molecule has 5 heteroatoms. The van der Waals surface area contributed by atoms with Gasteiger partial charge in [0.05, 0.1) is 4.99 Å². The minimum Gasteiger partial charge on any atom is -0.393 e. The van der Waals surface area contributed by atoms with Gasteiger partial charge in [-0.2, -0.15) is 0 Å². The van der Waals surface area contributed by atoms with Crippen molar-refractivity contribution in [3.63, 3.8) is 0 Å². The van der Waals surface area contributed by atoms with Crippen molar-refractivity contribution in [1.29, 1.82) is 0 Å². The van der Waals surface area contributed by atoms with Gasteiger partial charge in [0.15, 0.2) is 0 Å². The smallest absolute Gasteiger partial charge is 0.253 e. The Hall–Kier alpha value is -0.940.